The Hall–Kier alpha value is -2.29. The molecule has 0 spiro atoms. The number of carboxylic acid groups (broad SMARTS) is 1. The van der Waals surface area contributed by atoms with Gasteiger partial charge in [0, 0.05) is 23.4 Å². The number of furan rings is 1. The van der Waals surface area contributed by atoms with E-state index < -0.39 is 5.97 Å². The van der Waals surface area contributed by atoms with E-state index in [1.807, 2.05) is 13.0 Å². The third-order valence-electron chi connectivity index (χ3n) is 5.45. The predicted octanol–water partition coefficient (Wildman–Crippen LogP) is 5.42. The summed E-state index contributed by atoms with van der Waals surface area (Å²) in [7, 11) is 0. The topological polar surface area (TPSA) is 50.4 Å². The summed E-state index contributed by atoms with van der Waals surface area (Å²) in [5.74, 6) is 0.649. The van der Waals surface area contributed by atoms with Crippen molar-refractivity contribution in [2.45, 2.75) is 52.4 Å². The molecule has 1 aromatic carbocycles. The van der Waals surface area contributed by atoms with Crippen molar-refractivity contribution >= 4 is 16.9 Å². The highest BCUT2D eigenvalue weighted by Crippen LogP contribution is 2.55. The standard InChI is InChI=1S/C22H26O3/c1-5-17-18-12-15(9-10-20(18)25-19(17)6-2)22(4)13-16(22)8-7-14(3)11-21(23)24/h7-12,16H,5-6,13H2,1-4H3,(H,23,24)/b8-7+,14-11+. The zero-order valence-corrected chi connectivity index (χ0v) is 15.4. The van der Waals surface area contributed by atoms with Crippen LogP contribution < -0.4 is 0 Å². The highest BCUT2D eigenvalue weighted by molar-refractivity contribution is 5.83. The Bertz CT molecular complexity index is 869. The number of carbonyl (C=O) groups is 1. The summed E-state index contributed by atoms with van der Waals surface area (Å²) in [6, 6.07) is 6.58. The molecule has 3 heteroatoms. The summed E-state index contributed by atoms with van der Waals surface area (Å²) >= 11 is 0. The lowest BCUT2D eigenvalue weighted by Gasteiger charge is -2.11. The number of fused-ring (bicyclic) bond motifs is 1. The Labute approximate surface area is 149 Å². The van der Waals surface area contributed by atoms with E-state index in [2.05, 4.69) is 45.0 Å². The van der Waals surface area contributed by atoms with Gasteiger partial charge in [-0.15, -0.1) is 0 Å². The Morgan fingerprint density at radius 2 is 2.12 bits per heavy atom. The van der Waals surface area contributed by atoms with Crippen LogP contribution in [0, 0.1) is 5.92 Å². The fraction of sp³-hybridized carbons (Fsp3) is 0.409. The summed E-state index contributed by atoms with van der Waals surface area (Å²) in [5, 5.41) is 10.0. The molecule has 132 valence electrons. The molecule has 2 aromatic rings. The molecule has 1 saturated carbocycles. The number of hydrogen-bond acceptors (Lipinski definition) is 2. The molecule has 1 heterocycles. The number of carboxylic acids is 1. The quantitative estimate of drug-likeness (QED) is 0.565. The van der Waals surface area contributed by atoms with Gasteiger partial charge in [-0.25, -0.2) is 4.79 Å². The van der Waals surface area contributed by atoms with E-state index in [1.165, 1.54) is 22.6 Å². The molecule has 3 nitrogen and oxygen atoms in total. The van der Waals surface area contributed by atoms with Crippen LogP contribution in [0.25, 0.3) is 11.0 Å². The molecule has 1 fully saturated rings. The zero-order valence-electron chi connectivity index (χ0n) is 15.4. The van der Waals surface area contributed by atoms with Gasteiger partial charge in [0.15, 0.2) is 0 Å². The normalized spacial score (nSPS) is 23.5. The van der Waals surface area contributed by atoms with E-state index in [9.17, 15) is 4.79 Å². The molecule has 2 unspecified atom stereocenters. The number of benzene rings is 1. The van der Waals surface area contributed by atoms with Crippen LogP contribution in [-0.4, -0.2) is 11.1 Å². The Morgan fingerprint density at radius 3 is 2.76 bits per heavy atom. The average Bonchev–Trinajstić information content (AvgIpc) is 3.10. The summed E-state index contributed by atoms with van der Waals surface area (Å²) < 4.78 is 5.99. The van der Waals surface area contributed by atoms with Crippen LogP contribution in [0.5, 0.6) is 0 Å². The number of allylic oxidation sites excluding steroid dienone is 3. The molecule has 0 aliphatic heterocycles. The smallest absolute Gasteiger partial charge is 0.328 e. The van der Waals surface area contributed by atoms with Gasteiger partial charge in [-0.2, -0.15) is 0 Å². The first-order chi connectivity index (χ1) is 11.9. The molecule has 1 aliphatic rings. The molecule has 1 N–H and O–H groups in total. The van der Waals surface area contributed by atoms with Crippen molar-refractivity contribution in [3.63, 3.8) is 0 Å². The van der Waals surface area contributed by atoms with Gasteiger partial charge in [-0.3, -0.25) is 0 Å². The largest absolute Gasteiger partial charge is 0.478 e. The second-order valence-corrected chi connectivity index (χ2v) is 7.24. The maximum absolute atomic E-state index is 10.7. The van der Waals surface area contributed by atoms with Gasteiger partial charge in [0.2, 0.25) is 0 Å². The van der Waals surface area contributed by atoms with Crippen molar-refractivity contribution < 1.29 is 14.3 Å². The van der Waals surface area contributed by atoms with Gasteiger partial charge in [-0.1, -0.05) is 39.0 Å². The van der Waals surface area contributed by atoms with Gasteiger partial charge in [0.1, 0.15) is 11.3 Å². The Kier molecular flexibility index (Phi) is 4.59. The number of aryl methyl sites for hydroxylation is 2. The van der Waals surface area contributed by atoms with Crippen molar-refractivity contribution in [2.75, 3.05) is 0 Å². The minimum Gasteiger partial charge on any atom is -0.478 e. The van der Waals surface area contributed by atoms with Gasteiger partial charge in [0.05, 0.1) is 0 Å². The molecule has 0 saturated heterocycles. The minimum absolute atomic E-state index is 0.128. The Morgan fingerprint density at radius 1 is 1.36 bits per heavy atom. The van der Waals surface area contributed by atoms with E-state index >= 15 is 0 Å². The molecule has 1 aromatic heterocycles. The van der Waals surface area contributed by atoms with Crippen molar-refractivity contribution in [3.8, 4) is 0 Å². The van der Waals surface area contributed by atoms with Gasteiger partial charge >= 0.3 is 5.97 Å². The SMILES string of the molecule is CCc1oc2ccc(C3(C)CC3/C=C/C(C)=C/C(=O)O)cc2c1CC. The second kappa shape index (κ2) is 6.55. The fourth-order valence-corrected chi connectivity index (χ4v) is 3.75. The number of rotatable bonds is 6. The second-order valence-electron chi connectivity index (χ2n) is 7.24. The molecule has 0 amide bonds. The van der Waals surface area contributed by atoms with E-state index in [0.717, 1.165) is 36.2 Å². The van der Waals surface area contributed by atoms with Crippen molar-refractivity contribution in [3.05, 3.63) is 58.9 Å². The molecule has 1 aliphatic carbocycles. The molecule has 0 bridgehead atoms. The van der Waals surface area contributed by atoms with E-state index in [-0.39, 0.29) is 5.41 Å². The summed E-state index contributed by atoms with van der Waals surface area (Å²) in [5.41, 5.74) is 4.55. The highest BCUT2D eigenvalue weighted by Gasteiger charge is 2.49. The maximum atomic E-state index is 10.7. The zero-order chi connectivity index (χ0) is 18.2. The van der Waals surface area contributed by atoms with Crippen LogP contribution in [0.4, 0.5) is 0 Å². The molecule has 3 rings (SSSR count). The first-order valence-electron chi connectivity index (χ1n) is 9.03. The molecule has 0 radical (unpaired) electrons. The third-order valence-corrected chi connectivity index (χ3v) is 5.45. The number of aliphatic carboxylic acids is 1. The lowest BCUT2D eigenvalue weighted by atomic mass is 9.93. The minimum atomic E-state index is -0.898. The van der Waals surface area contributed by atoms with Crippen LogP contribution in [0.1, 0.15) is 51.0 Å². The predicted molar refractivity (Wildman–Crippen MR) is 101 cm³/mol. The van der Waals surface area contributed by atoms with Crippen molar-refractivity contribution in [2.24, 2.45) is 5.92 Å². The van der Waals surface area contributed by atoms with Crippen LogP contribution in [0.2, 0.25) is 0 Å². The van der Waals surface area contributed by atoms with Gasteiger partial charge in [-0.05, 0) is 54.4 Å². The van der Waals surface area contributed by atoms with E-state index in [4.69, 9.17) is 9.52 Å². The maximum Gasteiger partial charge on any atom is 0.328 e. The van der Waals surface area contributed by atoms with Gasteiger partial charge < -0.3 is 9.52 Å². The van der Waals surface area contributed by atoms with Crippen molar-refractivity contribution in [1.82, 2.24) is 0 Å². The lowest BCUT2D eigenvalue weighted by molar-refractivity contribution is -0.131. The number of hydrogen-bond donors (Lipinski definition) is 1. The van der Waals surface area contributed by atoms with Crippen LogP contribution in [0.15, 0.2) is 46.4 Å². The van der Waals surface area contributed by atoms with Crippen LogP contribution in [0.3, 0.4) is 0 Å². The van der Waals surface area contributed by atoms with Crippen molar-refractivity contribution in [1.29, 1.82) is 0 Å². The Balaban J connectivity index is 1.87. The average molecular weight is 338 g/mol. The summed E-state index contributed by atoms with van der Waals surface area (Å²) in [6.45, 7) is 8.42. The third kappa shape index (κ3) is 3.28. The van der Waals surface area contributed by atoms with Crippen LogP contribution in [-0.2, 0) is 23.1 Å². The van der Waals surface area contributed by atoms with E-state index in [0.29, 0.717) is 5.92 Å². The van der Waals surface area contributed by atoms with Gasteiger partial charge in [0.25, 0.3) is 0 Å². The molecular weight excluding hydrogens is 312 g/mol. The van der Waals surface area contributed by atoms with E-state index in [1.54, 1.807) is 0 Å². The van der Waals surface area contributed by atoms with Crippen LogP contribution >= 0.6 is 0 Å². The summed E-state index contributed by atoms with van der Waals surface area (Å²) in [6.07, 6.45) is 8.31. The lowest BCUT2D eigenvalue weighted by Crippen LogP contribution is -2.03. The monoisotopic (exact) mass is 338 g/mol. The fourth-order valence-electron chi connectivity index (χ4n) is 3.75. The molecular formula is C22H26O3. The molecule has 25 heavy (non-hydrogen) atoms. The summed E-state index contributed by atoms with van der Waals surface area (Å²) in [4.78, 5) is 10.7. The molecule has 2 atom stereocenters. The first-order valence-corrected chi connectivity index (χ1v) is 9.03. The first kappa shape index (κ1) is 17.5. The highest BCUT2D eigenvalue weighted by atomic mass is 16.4.